The number of amides is 1. The number of rotatable bonds is 8. The second-order valence-corrected chi connectivity index (χ2v) is 9.79. The molecular weight excluding hydrogens is 408 g/mol. The molecule has 2 aromatic carbocycles. The summed E-state index contributed by atoms with van der Waals surface area (Å²) in [6.45, 7) is 1.64. The number of hydrogen-bond acceptors (Lipinski definition) is 5. The van der Waals surface area contributed by atoms with Gasteiger partial charge in [0.15, 0.2) is 0 Å². The van der Waals surface area contributed by atoms with E-state index in [4.69, 9.17) is 4.74 Å². The van der Waals surface area contributed by atoms with E-state index in [1.807, 2.05) is 35.2 Å². The summed E-state index contributed by atoms with van der Waals surface area (Å²) in [7, 11) is -2.04. The summed E-state index contributed by atoms with van der Waals surface area (Å²) in [5.74, 6) is 1.22. The number of methoxy groups -OCH3 is 1. The van der Waals surface area contributed by atoms with Crippen LogP contribution in [-0.2, 0) is 14.8 Å². The van der Waals surface area contributed by atoms with Crippen LogP contribution in [0.3, 0.4) is 0 Å². The number of benzene rings is 2. The highest BCUT2D eigenvalue weighted by Crippen LogP contribution is 2.21. The van der Waals surface area contributed by atoms with Gasteiger partial charge in [-0.3, -0.25) is 4.79 Å². The van der Waals surface area contributed by atoms with Crippen molar-refractivity contribution in [1.82, 2.24) is 9.62 Å². The third kappa shape index (κ3) is 6.22. The molecule has 2 aromatic rings. The minimum Gasteiger partial charge on any atom is -0.497 e. The van der Waals surface area contributed by atoms with Crippen molar-refractivity contribution in [2.45, 2.75) is 22.6 Å². The second kappa shape index (κ2) is 10.1. The van der Waals surface area contributed by atoms with Crippen molar-refractivity contribution in [2.24, 2.45) is 5.92 Å². The van der Waals surface area contributed by atoms with Crippen LogP contribution in [0.2, 0.25) is 0 Å². The SMILES string of the molecule is COc1ccc(S(=O)(=O)NC[C@H]2CCCN(C(=O)CSc3ccccc3)C2)cc1. The third-order valence-electron chi connectivity index (χ3n) is 4.91. The summed E-state index contributed by atoms with van der Waals surface area (Å²) >= 11 is 1.53. The first kappa shape index (κ1) is 21.7. The Balaban J connectivity index is 1.50. The maximum absolute atomic E-state index is 12.6. The fourth-order valence-corrected chi connectivity index (χ4v) is 5.22. The predicted molar refractivity (Wildman–Crippen MR) is 115 cm³/mol. The highest BCUT2D eigenvalue weighted by atomic mass is 32.2. The van der Waals surface area contributed by atoms with E-state index in [0.717, 1.165) is 24.3 Å². The summed E-state index contributed by atoms with van der Waals surface area (Å²) in [6, 6.07) is 16.2. The van der Waals surface area contributed by atoms with E-state index in [0.29, 0.717) is 24.6 Å². The maximum Gasteiger partial charge on any atom is 0.240 e. The summed E-state index contributed by atoms with van der Waals surface area (Å²) < 4.78 is 32.8. The standard InChI is InChI=1S/C21H26N2O4S2/c1-27-18-9-11-20(12-10-18)29(25,26)22-14-17-6-5-13-23(15-17)21(24)16-28-19-7-3-2-4-8-19/h2-4,7-12,17,22H,5-6,13-16H2,1H3/t17-/m1/s1. The molecule has 0 aromatic heterocycles. The fourth-order valence-electron chi connectivity index (χ4n) is 3.28. The van der Waals surface area contributed by atoms with Crippen molar-refractivity contribution >= 4 is 27.7 Å². The number of ether oxygens (including phenoxy) is 1. The van der Waals surface area contributed by atoms with E-state index >= 15 is 0 Å². The number of nitrogens with zero attached hydrogens (tertiary/aromatic N) is 1. The van der Waals surface area contributed by atoms with Gasteiger partial charge in [-0.1, -0.05) is 18.2 Å². The molecule has 0 aliphatic carbocycles. The highest BCUT2D eigenvalue weighted by Gasteiger charge is 2.25. The van der Waals surface area contributed by atoms with Gasteiger partial charge in [-0.15, -0.1) is 11.8 Å². The molecule has 1 amide bonds. The van der Waals surface area contributed by atoms with Gasteiger partial charge >= 0.3 is 0 Å². The van der Waals surface area contributed by atoms with Gasteiger partial charge in [0.1, 0.15) is 5.75 Å². The molecule has 1 atom stereocenters. The zero-order chi connectivity index (χ0) is 20.7. The molecule has 0 radical (unpaired) electrons. The lowest BCUT2D eigenvalue weighted by molar-refractivity contribution is -0.130. The molecule has 1 heterocycles. The largest absolute Gasteiger partial charge is 0.497 e. The second-order valence-electron chi connectivity index (χ2n) is 6.98. The van der Waals surface area contributed by atoms with Crippen LogP contribution in [0.1, 0.15) is 12.8 Å². The van der Waals surface area contributed by atoms with E-state index in [1.54, 1.807) is 12.1 Å². The van der Waals surface area contributed by atoms with Gasteiger partial charge in [-0.05, 0) is 55.2 Å². The average Bonchev–Trinajstić information content (AvgIpc) is 2.77. The van der Waals surface area contributed by atoms with Crippen LogP contribution in [0, 0.1) is 5.92 Å². The maximum atomic E-state index is 12.6. The fraction of sp³-hybridized carbons (Fsp3) is 0.381. The summed E-state index contributed by atoms with van der Waals surface area (Å²) in [5.41, 5.74) is 0. The Hall–Kier alpha value is -2.03. The van der Waals surface area contributed by atoms with Crippen molar-refractivity contribution in [3.8, 4) is 5.75 Å². The zero-order valence-electron chi connectivity index (χ0n) is 16.4. The normalized spacial score (nSPS) is 17.1. The first-order valence-electron chi connectivity index (χ1n) is 9.57. The van der Waals surface area contributed by atoms with Gasteiger partial charge in [0.25, 0.3) is 0 Å². The van der Waals surface area contributed by atoms with E-state index in [1.165, 1.54) is 31.0 Å². The Bertz CT molecular complexity index is 902. The van der Waals surface area contributed by atoms with Gasteiger partial charge in [0.2, 0.25) is 15.9 Å². The first-order chi connectivity index (χ1) is 14.0. The van der Waals surface area contributed by atoms with E-state index < -0.39 is 10.0 Å². The topological polar surface area (TPSA) is 75.7 Å². The summed E-state index contributed by atoms with van der Waals surface area (Å²) in [4.78, 5) is 15.7. The van der Waals surface area contributed by atoms with Crippen LogP contribution >= 0.6 is 11.8 Å². The van der Waals surface area contributed by atoms with Crippen molar-refractivity contribution in [1.29, 1.82) is 0 Å². The highest BCUT2D eigenvalue weighted by molar-refractivity contribution is 8.00. The minimum absolute atomic E-state index is 0.0987. The average molecular weight is 435 g/mol. The lowest BCUT2D eigenvalue weighted by Gasteiger charge is -2.32. The number of nitrogens with one attached hydrogen (secondary N) is 1. The number of thioether (sulfide) groups is 1. The van der Waals surface area contributed by atoms with Gasteiger partial charge < -0.3 is 9.64 Å². The van der Waals surface area contributed by atoms with Crippen molar-refractivity contribution in [3.63, 3.8) is 0 Å². The molecule has 8 heteroatoms. The molecule has 3 rings (SSSR count). The summed E-state index contributed by atoms with van der Waals surface area (Å²) in [5, 5.41) is 0. The van der Waals surface area contributed by atoms with Gasteiger partial charge in [-0.2, -0.15) is 0 Å². The molecule has 0 spiro atoms. The molecule has 29 heavy (non-hydrogen) atoms. The summed E-state index contributed by atoms with van der Waals surface area (Å²) in [6.07, 6.45) is 1.79. The van der Waals surface area contributed by atoms with Crippen LogP contribution in [-0.4, -0.2) is 51.7 Å². The number of hydrogen-bond donors (Lipinski definition) is 1. The Kier molecular flexibility index (Phi) is 7.57. The number of carbonyl (C=O) groups is 1. The molecule has 1 fully saturated rings. The monoisotopic (exact) mass is 434 g/mol. The molecule has 1 aliphatic heterocycles. The van der Waals surface area contributed by atoms with Gasteiger partial charge in [0, 0.05) is 24.5 Å². The van der Waals surface area contributed by atoms with Crippen LogP contribution in [0.4, 0.5) is 0 Å². The molecule has 6 nitrogen and oxygen atoms in total. The smallest absolute Gasteiger partial charge is 0.240 e. The predicted octanol–water partition coefficient (Wildman–Crippen LogP) is 3.00. The molecule has 0 unspecified atom stereocenters. The van der Waals surface area contributed by atoms with Crippen molar-refractivity contribution < 1.29 is 17.9 Å². The number of carbonyl (C=O) groups excluding carboxylic acids is 1. The Morgan fingerprint density at radius 1 is 1.17 bits per heavy atom. The number of sulfonamides is 1. The zero-order valence-corrected chi connectivity index (χ0v) is 18.0. The number of likely N-dealkylation sites (tertiary alicyclic amines) is 1. The van der Waals surface area contributed by atoms with E-state index in [9.17, 15) is 13.2 Å². The van der Waals surface area contributed by atoms with Crippen molar-refractivity contribution in [3.05, 3.63) is 54.6 Å². The van der Waals surface area contributed by atoms with Crippen LogP contribution in [0.25, 0.3) is 0 Å². The third-order valence-corrected chi connectivity index (χ3v) is 7.35. The molecule has 0 saturated carbocycles. The molecule has 1 aliphatic rings. The van der Waals surface area contributed by atoms with Gasteiger partial charge in [-0.25, -0.2) is 13.1 Å². The molecule has 0 bridgehead atoms. The van der Waals surface area contributed by atoms with Crippen LogP contribution in [0.15, 0.2) is 64.4 Å². The van der Waals surface area contributed by atoms with Crippen molar-refractivity contribution in [2.75, 3.05) is 32.5 Å². The van der Waals surface area contributed by atoms with Gasteiger partial charge in [0.05, 0.1) is 17.8 Å². The Labute approximate surface area is 176 Å². The van der Waals surface area contributed by atoms with Crippen LogP contribution < -0.4 is 9.46 Å². The number of piperidine rings is 1. The molecule has 1 N–H and O–H groups in total. The minimum atomic E-state index is -3.58. The Morgan fingerprint density at radius 2 is 1.90 bits per heavy atom. The lowest BCUT2D eigenvalue weighted by atomic mass is 9.98. The molecule has 1 saturated heterocycles. The molecular formula is C21H26N2O4S2. The Morgan fingerprint density at radius 3 is 2.59 bits per heavy atom. The van der Waals surface area contributed by atoms with Crippen LogP contribution in [0.5, 0.6) is 5.75 Å². The van der Waals surface area contributed by atoms with E-state index in [-0.39, 0.29) is 16.7 Å². The first-order valence-corrected chi connectivity index (χ1v) is 12.0. The molecule has 156 valence electrons. The lowest BCUT2D eigenvalue weighted by Crippen LogP contribution is -2.44. The quantitative estimate of drug-likeness (QED) is 0.647. The van der Waals surface area contributed by atoms with E-state index in [2.05, 4.69) is 4.72 Å².